The van der Waals surface area contributed by atoms with Crippen molar-refractivity contribution in [2.45, 2.75) is 32.4 Å². The maximum atomic E-state index is 12.1. The van der Waals surface area contributed by atoms with Crippen molar-refractivity contribution in [2.75, 3.05) is 20.2 Å². The third kappa shape index (κ3) is 4.87. The van der Waals surface area contributed by atoms with Crippen LogP contribution in [0.4, 0.5) is 0 Å². The molecule has 0 unspecified atom stereocenters. The Morgan fingerprint density at radius 2 is 2.00 bits per heavy atom. The Labute approximate surface area is 198 Å². The molecule has 1 aliphatic carbocycles. The maximum Gasteiger partial charge on any atom is 0.313 e. The Kier molecular flexibility index (Phi) is 6.04. The van der Waals surface area contributed by atoms with Crippen LogP contribution in [0.1, 0.15) is 29.7 Å². The van der Waals surface area contributed by atoms with Gasteiger partial charge in [0.15, 0.2) is 5.82 Å². The molecular formula is C26H26ClN3O3. The van der Waals surface area contributed by atoms with E-state index in [0.29, 0.717) is 11.6 Å². The molecule has 0 spiro atoms. The van der Waals surface area contributed by atoms with Crippen LogP contribution in [0.3, 0.4) is 0 Å². The highest BCUT2D eigenvalue weighted by Crippen LogP contribution is 2.47. The van der Waals surface area contributed by atoms with Gasteiger partial charge in [0.25, 0.3) is 0 Å². The summed E-state index contributed by atoms with van der Waals surface area (Å²) in [7, 11) is 1.47. The molecule has 1 aromatic heterocycles. The van der Waals surface area contributed by atoms with E-state index in [1.165, 1.54) is 7.11 Å². The Balaban J connectivity index is 1.22. The van der Waals surface area contributed by atoms with Crippen molar-refractivity contribution >= 4 is 17.6 Å². The number of rotatable bonds is 7. The van der Waals surface area contributed by atoms with Crippen molar-refractivity contribution in [2.24, 2.45) is 5.41 Å². The van der Waals surface area contributed by atoms with Gasteiger partial charge in [-0.1, -0.05) is 23.7 Å². The molecule has 1 fully saturated rings. The first-order valence-corrected chi connectivity index (χ1v) is 11.6. The number of halogens is 1. The van der Waals surface area contributed by atoms with E-state index in [1.54, 1.807) is 0 Å². The molecule has 0 N–H and O–H groups in total. The number of carbonyl (C=O) groups is 1. The van der Waals surface area contributed by atoms with E-state index in [4.69, 9.17) is 26.1 Å². The number of aromatic nitrogens is 2. The second kappa shape index (κ2) is 9.12. The van der Waals surface area contributed by atoms with Crippen LogP contribution in [0.2, 0.25) is 5.02 Å². The molecule has 2 aromatic carbocycles. The van der Waals surface area contributed by atoms with Crippen LogP contribution >= 0.6 is 11.6 Å². The maximum absolute atomic E-state index is 12.1. The molecule has 1 saturated carbocycles. The highest BCUT2D eigenvalue weighted by Gasteiger charge is 2.52. The van der Waals surface area contributed by atoms with E-state index in [-0.39, 0.29) is 11.4 Å². The molecule has 1 aliphatic heterocycles. The van der Waals surface area contributed by atoms with Gasteiger partial charge >= 0.3 is 5.97 Å². The molecule has 33 heavy (non-hydrogen) atoms. The van der Waals surface area contributed by atoms with Crippen LogP contribution in [-0.2, 0) is 29.1 Å². The van der Waals surface area contributed by atoms with Crippen LogP contribution in [-0.4, -0.2) is 41.0 Å². The SMILES string of the molecule is COC(=O)C1(CN2CCc3nc(-c4ccc(OCc5cccc(Cl)c5)cc4)ncc3C2)CC1. The smallest absolute Gasteiger partial charge is 0.313 e. The monoisotopic (exact) mass is 463 g/mol. The molecule has 5 rings (SSSR count). The van der Waals surface area contributed by atoms with Crippen molar-refractivity contribution in [1.29, 1.82) is 0 Å². The first kappa shape index (κ1) is 21.9. The van der Waals surface area contributed by atoms with E-state index < -0.39 is 0 Å². The van der Waals surface area contributed by atoms with Crippen molar-refractivity contribution < 1.29 is 14.3 Å². The number of nitrogens with zero attached hydrogens (tertiary/aromatic N) is 3. The van der Waals surface area contributed by atoms with Crippen LogP contribution in [0.25, 0.3) is 11.4 Å². The lowest BCUT2D eigenvalue weighted by molar-refractivity contribution is -0.148. The summed E-state index contributed by atoms with van der Waals surface area (Å²) in [6.45, 7) is 2.86. The fourth-order valence-corrected chi connectivity index (χ4v) is 4.58. The molecule has 0 radical (unpaired) electrons. The lowest BCUT2D eigenvalue weighted by Crippen LogP contribution is -2.38. The number of benzene rings is 2. The van der Waals surface area contributed by atoms with Gasteiger partial charge in [-0.25, -0.2) is 9.97 Å². The third-order valence-corrected chi connectivity index (χ3v) is 6.65. The minimum Gasteiger partial charge on any atom is -0.489 e. The van der Waals surface area contributed by atoms with Gasteiger partial charge in [0, 0.05) is 48.4 Å². The van der Waals surface area contributed by atoms with E-state index in [9.17, 15) is 4.79 Å². The van der Waals surface area contributed by atoms with Crippen molar-refractivity contribution in [3.8, 4) is 17.1 Å². The largest absolute Gasteiger partial charge is 0.489 e. The Morgan fingerprint density at radius 1 is 1.18 bits per heavy atom. The summed E-state index contributed by atoms with van der Waals surface area (Å²) in [6.07, 6.45) is 4.60. The van der Waals surface area contributed by atoms with Crippen LogP contribution in [0.5, 0.6) is 5.75 Å². The molecule has 170 valence electrons. The first-order chi connectivity index (χ1) is 16.0. The average Bonchev–Trinajstić information content (AvgIpc) is 3.63. The van der Waals surface area contributed by atoms with E-state index in [1.807, 2.05) is 54.7 Å². The Morgan fingerprint density at radius 3 is 2.73 bits per heavy atom. The predicted molar refractivity (Wildman–Crippen MR) is 126 cm³/mol. The molecule has 0 atom stereocenters. The first-order valence-electron chi connectivity index (χ1n) is 11.2. The average molecular weight is 464 g/mol. The Bertz CT molecular complexity index is 1160. The topological polar surface area (TPSA) is 64.5 Å². The number of ether oxygens (including phenoxy) is 2. The normalized spacial score (nSPS) is 16.7. The zero-order chi connectivity index (χ0) is 22.8. The van der Waals surface area contributed by atoms with Crippen molar-refractivity contribution in [3.63, 3.8) is 0 Å². The van der Waals surface area contributed by atoms with Crippen LogP contribution < -0.4 is 4.74 Å². The summed E-state index contributed by atoms with van der Waals surface area (Å²) < 4.78 is 10.9. The summed E-state index contributed by atoms with van der Waals surface area (Å²) in [5, 5.41) is 0.703. The van der Waals surface area contributed by atoms with Gasteiger partial charge in [0.1, 0.15) is 12.4 Å². The second-order valence-electron chi connectivity index (χ2n) is 8.84. The van der Waals surface area contributed by atoms with Gasteiger partial charge in [-0.05, 0) is 54.8 Å². The zero-order valence-electron chi connectivity index (χ0n) is 18.6. The van der Waals surface area contributed by atoms with Gasteiger partial charge < -0.3 is 9.47 Å². The summed E-state index contributed by atoms with van der Waals surface area (Å²) in [4.78, 5) is 23.8. The van der Waals surface area contributed by atoms with Crippen LogP contribution in [0.15, 0.2) is 54.7 Å². The molecule has 0 amide bonds. The molecule has 3 aromatic rings. The van der Waals surface area contributed by atoms with Crippen molar-refractivity contribution in [3.05, 3.63) is 76.6 Å². The summed E-state index contributed by atoms with van der Waals surface area (Å²) in [5.41, 5.74) is 3.90. The fraction of sp³-hybridized carbons (Fsp3) is 0.346. The predicted octanol–water partition coefficient (Wildman–Crippen LogP) is 4.69. The third-order valence-electron chi connectivity index (χ3n) is 6.42. The summed E-state index contributed by atoms with van der Waals surface area (Å²) >= 11 is 6.03. The molecule has 0 bridgehead atoms. The molecule has 0 saturated heterocycles. The number of methoxy groups -OCH3 is 1. The molecule has 6 nitrogen and oxygen atoms in total. The molecule has 2 heterocycles. The standard InChI is InChI=1S/C26H26ClN3O3/c1-32-25(31)26(10-11-26)17-30-12-9-23-20(15-30)14-28-24(29-23)19-5-7-22(8-6-19)33-16-18-3-2-4-21(27)13-18/h2-8,13-14H,9-12,15-17H2,1H3. The van der Waals surface area contributed by atoms with E-state index in [2.05, 4.69) is 9.88 Å². The lowest BCUT2D eigenvalue weighted by Gasteiger charge is -2.30. The van der Waals surface area contributed by atoms with Gasteiger partial charge in [-0.15, -0.1) is 0 Å². The Hall–Kier alpha value is -2.96. The summed E-state index contributed by atoms with van der Waals surface area (Å²) in [5.74, 6) is 1.42. The lowest BCUT2D eigenvalue weighted by atomic mass is 10.0. The highest BCUT2D eigenvalue weighted by atomic mass is 35.5. The molecule has 2 aliphatic rings. The molecular weight excluding hydrogens is 438 g/mol. The minimum absolute atomic E-state index is 0.0834. The van der Waals surface area contributed by atoms with Crippen molar-refractivity contribution in [1.82, 2.24) is 14.9 Å². The fourth-order valence-electron chi connectivity index (χ4n) is 4.36. The summed E-state index contributed by atoms with van der Waals surface area (Å²) in [6, 6.07) is 15.5. The van der Waals surface area contributed by atoms with Crippen LogP contribution in [0, 0.1) is 5.41 Å². The van der Waals surface area contributed by atoms with Gasteiger partial charge in [-0.2, -0.15) is 0 Å². The van der Waals surface area contributed by atoms with Gasteiger partial charge in [0.05, 0.1) is 18.2 Å². The number of fused-ring (bicyclic) bond motifs is 1. The second-order valence-corrected chi connectivity index (χ2v) is 9.28. The van der Waals surface area contributed by atoms with E-state index in [0.717, 1.165) is 72.9 Å². The number of carbonyl (C=O) groups excluding carboxylic acids is 1. The zero-order valence-corrected chi connectivity index (χ0v) is 19.3. The quantitative estimate of drug-likeness (QED) is 0.474. The minimum atomic E-state index is -0.302. The number of hydrogen-bond acceptors (Lipinski definition) is 6. The highest BCUT2D eigenvalue weighted by molar-refractivity contribution is 6.30. The van der Waals surface area contributed by atoms with Gasteiger partial charge in [0.2, 0.25) is 0 Å². The van der Waals surface area contributed by atoms with E-state index >= 15 is 0 Å². The number of hydrogen-bond donors (Lipinski definition) is 0. The number of esters is 1. The molecule has 7 heteroatoms. The van der Waals surface area contributed by atoms with Gasteiger partial charge in [-0.3, -0.25) is 9.69 Å².